The van der Waals surface area contributed by atoms with Gasteiger partial charge in [0.05, 0.1) is 24.2 Å². The minimum Gasteiger partial charge on any atom is -0.465 e. The van der Waals surface area contributed by atoms with Crippen LogP contribution >= 0.6 is 15.9 Å². The van der Waals surface area contributed by atoms with Gasteiger partial charge in [0.25, 0.3) is 0 Å². The minimum atomic E-state index is -3.58. The molecule has 0 radical (unpaired) electrons. The van der Waals surface area contributed by atoms with Gasteiger partial charge in [-0.05, 0) is 43.3 Å². The van der Waals surface area contributed by atoms with Gasteiger partial charge in [-0.3, -0.25) is 4.90 Å². The third-order valence-corrected chi connectivity index (χ3v) is 6.13. The Bertz CT molecular complexity index is 798. The molecule has 1 atom stereocenters. The Labute approximate surface area is 156 Å². The molecule has 0 bridgehead atoms. The zero-order valence-electron chi connectivity index (χ0n) is 13.9. The standard InChI is InChI=1S/C17H21BrN2O4S/c1-13-2-7-17(24-13)16(20-8-10-23-11-9-20)12-19-25(21,22)15-5-3-14(18)4-6-15/h2-7,16,19H,8-12H2,1H3/t16-/m1/s1. The number of nitrogens with one attached hydrogen (secondary N) is 1. The van der Waals surface area contributed by atoms with Gasteiger partial charge in [-0.2, -0.15) is 0 Å². The highest BCUT2D eigenvalue weighted by Crippen LogP contribution is 2.24. The summed E-state index contributed by atoms with van der Waals surface area (Å²) in [6.07, 6.45) is 0. The number of rotatable bonds is 6. The zero-order chi connectivity index (χ0) is 17.9. The Morgan fingerprint density at radius 3 is 2.44 bits per heavy atom. The molecule has 3 rings (SSSR count). The molecule has 8 heteroatoms. The smallest absolute Gasteiger partial charge is 0.240 e. The monoisotopic (exact) mass is 428 g/mol. The Balaban J connectivity index is 1.76. The lowest BCUT2D eigenvalue weighted by molar-refractivity contribution is 0.0127. The molecule has 0 aliphatic carbocycles. The van der Waals surface area contributed by atoms with Crippen molar-refractivity contribution >= 4 is 26.0 Å². The SMILES string of the molecule is Cc1ccc([C@@H](CNS(=O)(=O)c2ccc(Br)cc2)N2CCOCC2)o1. The van der Waals surface area contributed by atoms with Crippen LogP contribution < -0.4 is 4.72 Å². The van der Waals surface area contributed by atoms with Crippen LogP contribution in [0.15, 0.2) is 50.2 Å². The molecule has 25 heavy (non-hydrogen) atoms. The molecule has 1 fully saturated rings. The summed E-state index contributed by atoms with van der Waals surface area (Å²) in [5, 5.41) is 0. The van der Waals surface area contributed by atoms with E-state index in [2.05, 4.69) is 25.6 Å². The molecule has 0 amide bonds. The number of sulfonamides is 1. The van der Waals surface area contributed by atoms with Crippen molar-refractivity contribution in [2.45, 2.75) is 17.9 Å². The van der Waals surface area contributed by atoms with Gasteiger partial charge in [-0.1, -0.05) is 15.9 Å². The molecule has 2 aromatic rings. The Morgan fingerprint density at radius 2 is 1.84 bits per heavy atom. The number of ether oxygens (including phenoxy) is 1. The van der Waals surface area contributed by atoms with Crippen molar-refractivity contribution in [2.75, 3.05) is 32.8 Å². The van der Waals surface area contributed by atoms with Crippen molar-refractivity contribution in [2.24, 2.45) is 0 Å². The summed E-state index contributed by atoms with van der Waals surface area (Å²) in [6.45, 7) is 4.87. The lowest BCUT2D eigenvalue weighted by Gasteiger charge is -2.33. The summed E-state index contributed by atoms with van der Waals surface area (Å²) in [7, 11) is -3.58. The molecule has 6 nitrogen and oxygen atoms in total. The van der Waals surface area contributed by atoms with E-state index >= 15 is 0 Å². The fourth-order valence-electron chi connectivity index (χ4n) is 2.82. The quantitative estimate of drug-likeness (QED) is 0.765. The predicted octanol–water partition coefficient (Wildman–Crippen LogP) is 2.70. The second kappa shape index (κ2) is 8.01. The molecular weight excluding hydrogens is 408 g/mol. The van der Waals surface area contributed by atoms with E-state index in [1.165, 1.54) is 0 Å². The fraction of sp³-hybridized carbons (Fsp3) is 0.412. The predicted molar refractivity (Wildman–Crippen MR) is 97.9 cm³/mol. The number of morpholine rings is 1. The summed E-state index contributed by atoms with van der Waals surface area (Å²) in [4.78, 5) is 2.43. The number of hydrogen-bond donors (Lipinski definition) is 1. The van der Waals surface area contributed by atoms with Crippen molar-refractivity contribution in [3.05, 3.63) is 52.4 Å². The highest BCUT2D eigenvalue weighted by molar-refractivity contribution is 9.10. The number of hydrogen-bond acceptors (Lipinski definition) is 5. The Kier molecular flexibility index (Phi) is 5.96. The minimum absolute atomic E-state index is 0.164. The summed E-state index contributed by atoms with van der Waals surface area (Å²) in [5.41, 5.74) is 0. The van der Waals surface area contributed by atoms with Gasteiger partial charge in [0.2, 0.25) is 10.0 Å². The molecule has 1 aromatic heterocycles. The number of halogens is 1. The fourth-order valence-corrected chi connectivity index (χ4v) is 4.12. The number of benzene rings is 1. The van der Waals surface area contributed by atoms with Gasteiger partial charge in [-0.15, -0.1) is 0 Å². The first-order chi connectivity index (χ1) is 12.0. The number of nitrogens with zero attached hydrogens (tertiary/aromatic N) is 1. The van der Waals surface area contributed by atoms with Gasteiger partial charge >= 0.3 is 0 Å². The maximum atomic E-state index is 12.6. The van der Waals surface area contributed by atoms with E-state index in [0.29, 0.717) is 13.2 Å². The molecule has 1 saturated heterocycles. The lowest BCUT2D eigenvalue weighted by atomic mass is 10.2. The third kappa shape index (κ3) is 4.71. The highest BCUT2D eigenvalue weighted by Gasteiger charge is 2.27. The maximum absolute atomic E-state index is 12.6. The third-order valence-electron chi connectivity index (χ3n) is 4.17. The maximum Gasteiger partial charge on any atom is 0.240 e. The van der Waals surface area contributed by atoms with Gasteiger partial charge < -0.3 is 9.15 Å². The molecule has 0 saturated carbocycles. The first-order valence-electron chi connectivity index (χ1n) is 8.09. The van der Waals surface area contributed by atoms with E-state index < -0.39 is 10.0 Å². The van der Waals surface area contributed by atoms with Crippen LogP contribution in [0.25, 0.3) is 0 Å². The summed E-state index contributed by atoms with van der Waals surface area (Å²) in [6, 6.07) is 10.2. The lowest BCUT2D eigenvalue weighted by Crippen LogP contribution is -2.43. The van der Waals surface area contributed by atoms with E-state index in [4.69, 9.17) is 9.15 Å². The van der Waals surface area contributed by atoms with Crippen LogP contribution in [0.5, 0.6) is 0 Å². The second-order valence-corrected chi connectivity index (χ2v) is 8.60. The molecule has 0 spiro atoms. The summed E-state index contributed by atoms with van der Waals surface area (Å²) < 4.78 is 39.8. The molecule has 1 aromatic carbocycles. The Hall–Kier alpha value is -1.19. The molecular formula is C17H21BrN2O4S. The first-order valence-corrected chi connectivity index (χ1v) is 10.4. The van der Waals surface area contributed by atoms with E-state index in [0.717, 1.165) is 29.1 Å². The summed E-state index contributed by atoms with van der Waals surface area (Å²) >= 11 is 3.31. The average Bonchev–Trinajstić information content (AvgIpc) is 3.02. The van der Waals surface area contributed by atoms with Crippen molar-refractivity contribution < 1.29 is 17.6 Å². The van der Waals surface area contributed by atoms with E-state index in [1.807, 2.05) is 19.1 Å². The van der Waals surface area contributed by atoms with Crippen LogP contribution in [0, 0.1) is 6.92 Å². The molecule has 1 aliphatic rings. The zero-order valence-corrected chi connectivity index (χ0v) is 16.3. The number of aryl methyl sites for hydroxylation is 1. The van der Waals surface area contributed by atoms with Crippen LogP contribution in [-0.4, -0.2) is 46.2 Å². The summed E-state index contributed by atoms with van der Waals surface area (Å²) in [5.74, 6) is 1.57. The van der Waals surface area contributed by atoms with Gasteiger partial charge in [-0.25, -0.2) is 13.1 Å². The van der Waals surface area contributed by atoms with Crippen LogP contribution in [0.1, 0.15) is 17.6 Å². The molecule has 1 aliphatic heterocycles. The van der Waals surface area contributed by atoms with E-state index in [9.17, 15) is 8.42 Å². The molecule has 2 heterocycles. The van der Waals surface area contributed by atoms with Gasteiger partial charge in [0.15, 0.2) is 0 Å². The Morgan fingerprint density at radius 1 is 1.16 bits per heavy atom. The average molecular weight is 429 g/mol. The molecule has 1 N–H and O–H groups in total. The van der Waals surface area contributed by atoms with Gasteiger partial charge in [0.1, 0.15) is 11.5 Å². The van der Waals surface area contributed by atoms with E-state index in [-0.39, 0.29) is 17.5 Å². The second-order valence-electron chi connectivity index (χ2n) is 5.92. The topological polar surface area (TPSA) is 71.8 Å². The van der Waals surface area contributed by atoms with Crippen molar-refractivity contribution in [1.29, 1.82) is 0 Å². The van der Waals surface area contributed by atoms with Crippen LogP contribution in [0.3, 0.4) is 0 Å². The van der Waals surface area contributed by atoms with Crippen molar-refractivity contribution in [3.63, 3.8) is 0 Å². The largest absolute Gasteiger partial charge is 0.465 e. The highest BCUT2D eigenvalue weighted by atomic mass is 79.9. The normalized spacial score (nSPS) is 17.5. The molecule has 0 unspecified atom stereocenters. The number of furan rings is 1. The molecule has 136 valence electrons. The van der Waals surface area contributed by atoms with Crippen LogP contribution in [-0.2, 0) is 14.8 Å². The van der Waals surface area contributed by atoms with E-state index in [1.54, 1.807) is 24.3 Å². The first kappa shape index (κ1) is 18.6. The van der Waals surface area contributed by atoms with Crippen LogP contribution in [0.2, 0.25) is 0 Å². The van der Waals surface area contributed by atoms with Gasteiger partial charge in [0, 0.05) is 24.1 Å². The van der Waals surface area contributed by atoms with Crippen molar-refractivity contribution in [1.82, 2.24) is 9.62 Å². The van der Waals surface area contributed by atoms with Crippen LogP contribution in [0.4, 0.5) is 0 Å². The van der Waals surface area contributed by atoms with Crippen molar-refractivity contribution in [3.8, 4) is 0 Å².